The quantitative estimate of drug-likeness (QED) is 0.785. The van der Waals surface area contributed by atoms with Gasteiger partial charge in [-0.3, -0.25) is 4.79 Å². The van der Waals surface area contributed by atoms with Crippen LogP contribution < -0.4 is 0 Å². The molecule has 1 amide bonds. The van der Waals surface area contributed by atoms with Gasteiger partial charge in [0, 0.05) is 38.5 Å². The molecule has 0 radical (unpaired) electrons. The summed E-state index contributed by atoms with van der Waals surface area (Å²) in [5, 5.41) is 0. The van der Waals surface area contributed by atoms with E-state index in [9.17, 15) is 13.2 Å². The van der Waals surface area contributed by atoms with Crippen LogP contribution in [0.4, 0.5) is 0 Å². The fraction of sp³-hybridized carbons (Fsp3) is 0.667. The number of carbonyl (C=O) groups excluding carboxylic acids is 1. The number of amides is 1. The van der Waals surface area contributed by atoms with Gasteiger partial charge in [0.05, 0.1) is 25.2 Å². The summed E-state index contributed by atoms with van der Waals surface area (Å²) in [5.74, 6) is 0.871. The van der Waals surface area contributed by atoms with Gasteiger partial charge in [-0.15, -0.1) is 0 Å². The predicted octanol–water partition coefficient (Wildman–Crippen LogP) is 0.648. The number of carbonyl (C=O) groups is 1. The van der Waals surface area contributed by atoms with Crippen molar-refractivity contribution in [3.05, 3.63) is 24.2 Å². The lowest BCUT2D eigenvalue weighted by atomic mass is 10.1. The molecule has 0 N–H and O–H groups in total. The van der Waals surface area contributed by atoms with Crippen LogP contribution in [0.2, 0.25) is 0 Å². The molecule has 2 aliphatic heterocycles. The van der Waals surface area contributed by atoms with Gasteiger partial charge in [-0.05, 0) is 18.6 Å². The maximum absolute atomic E-state index is 12.3. The molecule has 3 heterocycles. The molecule has 23 heavy (non-hydrogen) atoms. The molecule has 1 aromatic heterocycles. The van der Waals surface area contributed by atoms with Gasteiger partial charge in [-0.1, -0.05) is 0 Å². The van der Waals surface area contributed by atoms with E-state index in [4.69, 9.17) is 9.15 Å². The van der Waals surface area contributed by atoms with Crippen molar-refractivity contribution in [2.75, 3.05) is 45.1 Å². The monoisotopic (exact) mass is 342 g/mol. The van der Waals surface area contributed by atoms with Gasteiger partial charge in [0.2, 0.25) is 15.9 Å². The summed E-state index contributed by atoms with van der Waals surface area (Å²) in [6.45, 7) is 2.85. The molecular formula is C15H22N2O5S. The zero-order valence-electron chi connectivity index (χ0n) is 13.0. The van der Waals surface area contributed by atoms with Crippen LogP contribution in [0.3, 0.4) is 0 Å². The predicted molar refractivity (Wildman–Crippen MR) is 83.4 cm³/mol. The molecule has 0 spiro atoms. The second kappa shape index (κ2) is 7.02. The minimum absolute atomic E-state index is 0.0323. The second-order valence-corrected chi connectivity index (χ2v) is 8.01. The zero-order valence-corrected chi connectivity index (χ0v) is 13.8. The zero-order chi connectivity index (χ0) is 16.3. The van der Waals surface area contributed by atoms with Crippen molar-refractivity contribution in [2.45, 2.75) is 18.8 Å². The molecular weight excluding hydrogens is 320 g/mol. The van der Waals surface area contributed by atoms with Crippen molar-refractivity contribution in [1.29, 1.82) is 0 Å². The lowest BCUT2D eigenvalue weighted by Gasteiger charge is -2.26. The molecule has 0 bridgehead atoms. The number of hydrogen-bond donors (Lipinski definition) is 0. The lowest BCUT2D eigenvalue weighted by Crippen LogP contribution is -2.42. The van der Waals surface area contributed by atoms with Gasteiger partial charge in [0.1, 0.15) is 5.76 Å². The van der Waals surface area contributed by atoms with Crippen molar-refractivity contribution < 1.29 is 22.4 Å². The molecule has 8 heteroatoms. The Labute approximate surface area is 136 Å². The van der Waals surface area contributed by atoms with Gasteiger partial charge in [-0.25, -0.2) is 8.42 Å². The molecule has 3 rings (SSSR count). The second-order valence-electron chi connectivity index (χ2n) is 5.92. The van der Waals surface area contributed by atoms with Crippen molar-refractivity contribution in [3.63, 3.8) is 0 Å². The van der Waals surface area contributed by atoms with Crippen LogP contribution in [-0.2, 0) is 19.6 Å². The Kier molecular flexibility index (Phi) is 5.03. The largest absolute Gasteiger partial charge is 0.469 e. The highest BCUT2D eigenvalue weighted by Crippen LogP contribution is 2.27. The smallest absolute Gasteiger partial charge is 0.223 e. The number of furan rings is 1. The Bertz CT molecular complexity index is 622. The molecule has 2 saturated heterocycles. The van der Waals surface area contributed by atoms with Crippen LogP contribution in [0, 0.1) is 0 Å². The molecule has 0 aliphatic carbocycles. The molecule has 7 nitrogen and oxygen atoms in total. The molecule has 0 aromatic carbocycles. The first-order chi connectivity index (χ1) is 11.1. The van der Waals surface area contributed by atoms with Gasteiger partial charge >= 0.3 is 0 Å². The summed E-state index contributed by atoms with van der Waals surface area (Å²) in [4.78, 5) is 14.0. The number of sulfonamides is 1. The molecule has 1 atom stereocenters. The Morgan fingerprint density at radius 3 is 2.74 bits per heavy atom. The number of rotatable bonds is 5. The molecule has 1 unspecified atom stereocenters. The Hall–Kier alpha value is -1.38. The number of ether oxygens (including phenoxy) is 1. The first kappa shape index (κ1) is 16.5. The third-order valence-electron chi connectivity index (χ3n) is 4.42. The first-order valence-corrected chi connectivity index (χ1v) is 9.54. The van der Waals surface area contributed by atoms with E-state index in [1.54, 1.807) is 11.2 Å². The van der Waals surface area contributed by atoms with Crippen molar-refractivity contribution in [3.8, 4) is 0 Å². The highest BCUT2D eigenvalue weighted by atomic mass is 32.2. The maximum atomic E-state index is 12.3. The van der Waals surface area contributed by atoms with E-state index in [0.717, 1.165) is 12.2 Å². The normalized spacial score (nSPS) is 23.3. The number of likely N-dealkylation sites (tertiary alicyclic amines) is 1. The summed E-state index contributed by atoms with van der Waals surface area (Å²) in [6, 6.07) is 3.76. The van der Waals surface area contributed by atoms with Crippen molar-refractivity contribution >= 4 is 15.9 Å². The third kappa shape index (κ3) is 3.94. The molecule has 2 aliphatic rings. The van der Waals surface area contributed by atoms with Gasteiger partial charge < -0.3 is 14.1 Å². The number of nitrogens with zero attached hydrogens (tertiary/aromatic N) is 2. The van der Waals surface area contributed by atoms with Gasteiger partial charge in [-0.2, -0.15) is 4.31 Å². The minimum Gasteiger partial charge on any atom is -0.469 e. The third-order valence-corrected chi connectivity index (χ3v) is 6.30. The van der Waals surface area contributed by atoms with E-state index in [1.165, 1.54) is 4.31 Å². The van der Waals surface area contributed by atoms with E-state index >= 15 is 0 Å². The summed E-state index contributed by atoms with van der Waals surface area (Å²) in [7, 11) is -3.38. The summed E-state index contributed by atoms with van der Waals surface area (Å²) in [6.07, 6.45) is 2.52. The van der Waals surface area contributed by atoms with Crippen LogP contribution in [0.25, 0.3) is 0 Å². The van der Waals surface area contributed by atoms with Gasteiger partial charge in [0.15, 0.2) is 0 Å². The SMILES string of the molecule is O=C(CCS(=O)(=O)N1CCOCC1)N1CCC(c2ccco2)C1. The summed E-state index contributed by atoms with van der Waals surface area (Å²) in [5.41, 5.74) is 0. The fourth-order valence-electron chi connectivity index (χ4n) is 3.07. The number of hydrogen-bond acceptors (Lipinski definition) is 5. The van der Waals surface area contributed by atoms with E-state index in [2.05, 4.69) is 0 Å². The van der Waals surface area contributed by atoms with Crippen LogP contribution in [-0.4, -0.2) is 68.7 Å². The first-order valence-electron chi connectivity index (χ1n) is 7.93. The van der Waals surface area contributed by atoms with E-state index in [0.29, 0.717) is 39.4 Å². The Morgan fingerprint density at radius 2 is 2.04 bits per heavy atom. The summed E-state index contributed by atoms with van der Waals surface area (Å²) >= 11 is 0. The van der Waals surface area contributed by atoms with Crippen LogP contribution >= 0.6 is 0 Å². The van der Waals surface area contributed by atoms with E-state index in [1.807, 2.05) is 12.1 Å². The van der Waals surface area contributed by atoms with Crippen molar-refractivity contribution in [2.24, 2.45) is 0 Å². The maximum Gasteiger partial charge on any atom is 0.223 e. The van der Waals surface area contributed by atoms with Crippen LogP contribution in [0.15, 0.2) is 22.8 Å². The van der Waals surface area contributed by atoms with E-state index < -0.39 is 10.0 Å². The fourth-order valence-corrected chi connectivity index (χ4v) is 4.47. The average Bonchev–Trinajstić information content (AvgIpc) is 3.24. The number of morpholine rings is 1. The average molecular weight is 342 g/mol. The van der Waals surface area contributed by atoms with E-state index in [-0.39, 0.29) is 24.0 Å². The molecule has 1 aromatic rings. The minimum atomic E-state index is -3.38. The molecule has 128 valence electrons. The standard InChI is InChI=1S/C15H22N2O5S/c18-15(4-11-23(19,20)17-6-9-21-10-7-17)16-5-3-13(12-16)14-2-1-8-22-14/h1-2,8,13H,3-7,9-12H2. The molecule has 0 saturated carbocycles. The Morgan fingerprint density at radius 1 is 1.26 bits per heavy atom. The van der Waals surface area contributed by atoms with Crippen LogP contribution in [0.1, 0.15) is 24.5 Å². The lowest BCUT2D eigenvalue weighted by molar-refractivity contribution is -0.129. The van der Waals surface area contributed by atoms with Crippen LogP contribution in [0.5, 0.6) is 0 Å². The Balaban J connectivity index is 1.50. The van der Waals surface area contributed by atoms with Gasteiger partial charge in [0.25, 0.3) is 0 Å². The highest BCUT2D eigenvalue weighted by molar-refractivity contribution is 7.89. The topological polar surface area (TPSA) is 80.1 Å². The highest BCUT2D eigenvalue weighted by Gasteiger charge is 2.30. The van der Waals surface area contributed by atoms with Crippen molar-refractivity contribution in [1.82, 2.24) is 9.21 Å². The summed E-state index contributed by atoms with van der Waals surface area (Å²) < 4.78 is 36.4. The molecule has 2 fully saturated rings.